The SMILES string of the molecule is COC(=O)[C@@H](C)/C1=C/C=C(\C)CC[C@H]2O[C@]2(C)CC/C=C(\C)CC1. The number of allylic oxidation sites excluding steroid dienone is 5. The van der Waals surface area contributed by atoms with E-state index in [1.807, 2.05) is 6.92 Å². The molecule has 3 nitrogen and oxygen atoms in total. The molecule has 0 unspecified atom stereocenters. The van der Waals surface area contributed by atoms with Crippen molar-refractivity contribution in [1.29, 1.82) is 0 Å². The zero-order chi connectivity index (χ0) is 17.7. The first-order valence-electron chi connectivity index (χ1n) is 9.13. The molecule has 2 rings (SSSR count). The fourth-order valence-electron chi connectivity index (χ4n) is 3.39. The van der Waals surface area contributed by atoms with E-state index in [2.05, 4.69) is 39.0 Å². The molecule has 1 fully saturated rings. The van der Waals surface area contributed by atoms with Crippen LogP contribution in [0.15, 0.2) is 34.9 Å². The third kappa shape index (κ3) is 5.07. The first kappa shape index (κ1) is 19.0. The summed E-state index contributed by atoms with van der Waals surface area (Å²) in [5.74, 6) is -0.341. The first-order valence-corrected chi connectivity index (χ1v) is 9.13. The van der Waals surface area contributed by atoms with E-state index in [-0.39, 0.29) is 17.5 Å². The van der Waals surface area contributed by atoms with Gasteiger partial charge in [0.2, 0.25) is 0 Å². The van der Waals surface area contributed by atoms with Gasteiger partial charge in [-0.25, -0.2) is 0 Å². The van der Waals surface area contributed by atoms with Crippen molar-refractivity contribution in [2.24, 2.45) is 5.92 Å². The lowest BCUT2D eigenvalue weighted by Crippen LogP contribution is -2.15. The third-order valence-electron chi connectivity index (χ3n) is 5.47. The monoisotopic (exact) mass is 332 g/mol. The number of rotatable bonds is 2. The Morgan fingerprint density at radius 2 is 2.00 bits per heavy atom. The predicted octanol–water partition coefficient (Wildman–Crippen LogP) is 5.13. The summed E-state index contributed by atoms with van der Waals surface area (Å²) in [7, 11) is 1.46. The summed E-state index contributed by atoms with van der Waals surface area (Å²) in [4.78, 5) is 11.9. The average molecular weight is 332 g/mol. The Bertz CT molecular complexity index is 555. The third-order valence-corrected chi connectivity index (χ3v) is 5.47. The lowest BCUT2D eigenvalue weighted by molar-refractivity contribution is -0.143. The van der Waals surface area contributed by atoms with E-state index < -0.39 is 0 Å². The van der Waals surface area contributed by atoms with Gasteiger partial charge >= 0.3 is 5.97 Å². The van der Waals surface area contributed by atoms with E-state index in [0.717, 1.165) is 44.1 Å². The Morgan fingerprint density at radius 3 is 2.71 bits per heavy atom. The van der Waals surface area contributed by atoms with Crippen molar-refractivity contribution in [3.63, 3.8) is 0 Å². The van der Waals surface area contributed by atoms with E-state index in [4.69, 9.17) is 9.47 Å². The number of methoxy groups -OCH3 is 1. The molecule has 0 N–H and O–H groups in total. The van der Waals surface area contributed by atoms with E-state index >= 15 is 0 Å². The molecule has 0 radical (unpaired) electrons. The maximum absolute atomic E-state index is 11.9. The number of carbonyl (C=O) groups is 1. The Labute approximate surface area is 146 Å². The van der Waals surface area contributed by atoms with Gasteiger partial charge in [-0.05, 0) is 66.2 Å². The van der Waals surface area contributed by atoms with E-state index in [1.165, 1.54) is 18.3 Å². The number of ether oxygens (including phenoxy) is 2. The molecule has 24 heavy (non-hydrogen) atoms. The Kier molecular flexibility index (Phi) is 6.45. The average Bonchev–Trinajstić information content (AvgIpc) is 3.21. The van der Waals surface area contributed by atoms with Crippen LogP contribution in [0.5, 0.6) is 0 Å². The van der Waals surface area contributed by atoms with Gasteiger partial charge in [-0.3, -0.25) is 4.79 Å². The zero-order valence-corrected chi connectivity index (χ0v) is 15.9. The maximum atomic E-state index is 11.9. The lowest BCUT2D eigenvalue weighted by Gasteiger charge is -2.15. The van der Waals surface area contributed by atoms with Gasteiger partial charge < -0.3 is 9.47 Å². The van der Waals surface area contributed by atoms with Crippen LogP contribution in [0, 0.1) is 5.92 Å². The molecule has 134 valence electrons. The number of hydrogen-bond acceptors (Lipinski definition) is 3. The molecule has 0 spiro atoms. The summed E-state index contributed by atoms with van der Waals surface area (Å²) >= 11 is 0. The van der Waals surface area contributed by atoms with Crippen molar-refractivity contribution < 1.29 is 14.3 Å². The van der Waals surface area contributed by atoms with Crippen LogP contribution in [0.2, 0.25) is 0 Å². The molecular formula is C21H32O3. The molecule has 1 aliphatic carbocycles. The van der Waals surface area contributed by atoms with Gasteiger partial charge in [0.25, 0.3) is 0 Å². The second-order valence-electron chi connectivity index (χ2n) is 7.55. The second kappa shape index (κ2) is 8.15. The van der Waals surface area contributed by atoms with Gasteiger partial charge in [0.1, 0.15) is 0 Å². The molecule has 2 aliphatic rings. The van der Waals surface area contributed by atoms with Gasteiger partial charge in [0.05, 0.1) is 24.7 Å². The zero-order valence-electron chi connectivity index (χ0n) is 15.9. The Balaban J connectivity index is 2.16. The van der Waals surface area contributed by atoms with Crippen LogP contribution < -0.4 is 0 Å². The van der Waals surface area contributed by atoms with Crippen LogP contribution in [0.1, 0.15) is 66.2 Å². The van der Waals surface area contributed by atoms with Crippen LogP contribution in [0.4, 0.5) is 0 Å². The van der Waals surface area contributed by atoms with E-state index in [0.29, 0.717) is 6.10 Å². The highest BCUT2D eigenvalue weighted by atomic mass is 16.6. The van der Waals surface area contributed by atoms with Gasteiger partial charge in [0.15, 0.2) is 0 Å². The summed E-state index contributed by atoms with van der Waals surface area (Å²) in [6, 6.07) is 0. The molecule has 0 aromatic rings. The number of epoxide rings is 1. The second-order valence-corrected chi connectivity index (χ2v) is 7.55. The summed E-state index contributed by atoms with van der Waals surface area (Å²) in [6.07, 6.45) is 13.2. The van der Waals surface area contributed by atoms with Crippen molar-refractivity contribution >= 4 is 5.97 Å². The predicted molar refractivity (Wildman–Crippen MR) is 97.8 cm³/mol. The minimum absolute atomic E-state index is 0.0849. The van der Waals surface area contributed by atoms with Gasteiger partial charge in [0, 0.05) is 0 Å². The molecule has 0 saturated carbocycles. The first-order chi connectivity index (χ1) is 11.4. The smallest absolute Gasteiger partial charge is 0.312 e. The summed E-state index contributed by atoms with van der Waals surface area (Å²) in [5.41, 5.74) is 3.96. The molecule has 1 aliphatic heterocycles. The summed E-state index contributed by atoms with van der Waals surface area (Å²) < 4.78 is 10.9. The highest BCUT2D eigenvalue weighted by Crippen LogP contribution is 2.43. The van der Waals surface area contributed by atoms with E-state index in [9.17, 15) is 4.79 Å². The van der Waals surface area contributed by atoms with Crippen molar-refractivity contribution in [1.82, 2.24) is 0 Å². The highest BCUT2D eigenvalue weighted by molar-refractivity contribution is 5.75. The van der Waals surface area contributed by atoms with Crippen LogP contribution in [-0.2, 0) is 14.3 Å². The summed E-state index contributed by atoms with van der Waals surface area (Å²) in [6.45, 7) is 8.52. The van der Waals surface area contributed by atoms with Crippen molar-refractivity contribution in [2.75, 3.05) is 7.11 Å². The maximum Gasteiger partial charge on any atom is 0.312 e. The Hall–Kier alpha value is -1.35. The highest BCUT2D eigenvalue weighted by Gasteiger charge is 2.50. The number of esters is 1. The fourth-order valence-corrected chi connectivity index (χ4v) is 3.39. The molecule has 0 bridgehead atoms. The normalized spacial score (nSPS) is 36.5. The standard InChI is InChI=1S/C21H32O3/c1-15-7-6-14-21(4)19(24-21)13-10-16(2)9-12-18(11-8-15)17(3)20(22)23-5/h7,9,12,17,19H,6,8,10-11,13-14H2,1-5H3/b15-7+,16-9+,18-12+/t17-,19+,21+/m0/s1. The number of hydrogen-bond donors (Lipinski definition) is 0. The molecule has 0 aromatic carbocycles. The molecule has 1 saturated heterocycles. The molecule has 0 aromatic heterocycles. The molecule has 0 amide bonds. The van der Waals surface area contributed by atoms with Crippen molar-refractivity contribution in [2.45, 2.75) is 77.9 Å². The number of fused-ring (bicyclic) bond motifs is 1. The largest absolute Gasteiger partial charge is 0.469 e. The topological polar surface area (TPSA) is 38.8 Å². The number of carbonyl (C=O) groups excluding carboxylic acids is 1. The van der Waals surface area contributed by atoms with Crippen LogP contribution in [0.3, 0.4) is 0 Å². The Morgan fingerprint density at radius 1 is 1.25 bits per heavy atom. The summed E-state index contributed by atoms with van der Waals surface area (Å²) in [5, 5.41) is 0. The molecular weight excluding hydrogens is 300 g/mol. The van der Waals surface area contributed by atoms with Crippen LogP contribution >= 0.6 is 0 Å². The fraction of sp³-hybridized carbons (Fsp3) is 0.667. The quantitative estimate of drug-likeness (QED) is 0.400. The molecule has 3 atom stereocenters. The van der Waals surface area contributed by atoms with E-state index in [1.54, 1.807) is 0 Å². The van der Waals surface area contributed by atoms with Crippen LogP contribution in [0.25, 0.3) is 0 Å². The molecule has 1 heterocycles. The van der Waals surface area contributed by atoms with Gasteiger partial charge in [-0.1, -0.05) is 34.9 Å². The minimum Gasteiger partial charge on any atom is -0.469 e. The van der Waals surface area contributed by atoms with Gasteiger partial charge in [-0.15, -0.1) is 0 Å². The van der Waals surface area contributed by atoms with Gasteiger partial charge in [-0.2, -0.15) is 0 Å². The molecule has 3 heteroatoms. The lowest BCUT2D eigenvalue weighted by atomic mass is 9.92. The van der Waals surface area contributed by atoms with Crippen molar-refractivity contribution in [3.8, 4) is 0 Å². The van der Waals surface area contributed by atoms with Crippen LogP contribution in [-0.4, -0.2) is 24.8 Å². The minimum atomic E-state index is -0.185. The van der Waals surface area contributed by atoms with Crippen molar-refractivity contribution in [3.05, 3.63) is 34.9 Å².